The summed E-state index contributed by atoms with van der Waals surface area (Å²) < 4.78 is 25.8. The minimum absolute atomic E-state index is 0.166. The van der Waals surface area contributed by atoms with Gasteiger partial charge in [0.25, 0.3) is 0 Å². The molecule has 1 saturated heterocycles. The summed E-state index contributed by atoms with van der Waals surface area (Å²) in [6.45, 7) is 7.47. The molecule has 1 aromatic rings. The van der Waals surface area contributed by atoms with Crippen LogP contribution in [0.5, 0.6) is 0 Å². The van der Waals surface area contributed by atoms with Crippen LogP contribution in [0.25, 0.3) is 0 Å². The third-order valence-corrected chi connectivity index (χ3v) is 5.25. The summed E-state index contributed by atoms with van der Waals surface area (Å²) in [5.74, 6) is 2.69. The smallest absolute Gasteiger partial charge is 0.182 e. The fraction of sp³-hybridized carbons (Fsp3) is 0.750. The highest BCUT2D eigenvalue weighted by molar-refractivity contribution is 7.99. The van der Waals surface area contributed by atoms with Gasteiger partial charge < -0.3 is 10.6 Å². The second-order valence-corrected chi connectivity index (χ2v) is 9.17. The Balaban J connectivity index is 2.60. The van der Waals surface area contributed by atoms with Gasteiger partial charge in [0.2, 0.25) is 0 Å². The Morgan fingerprint density at radius 2 is 1.80 bits per heavy atom. The predicted octanol–water partition coefficient (Wildman–Crippen LogP) is 1.18. The first-order valence-corrected chi connectivity index (χ1v) is 9.58. The largest absolute Gasteiger partial charge is 0.383 e. The van der Waals surface area contributed by atoms with E-state index in [2.05, 4.69) is 5.10 Å². The molecule has 0 unspecified atom stereocenters. The van der Waals surface area contributed by atoms with Gasteiger partial charge in [0.1, 0.15) is 5.82 Å². The highest BCUT2D eigenvalue weighted by atomic mass is 32.2. The highest BCUT2D eigenvalue weighted by Crippen LogP contribution is 2.34. The Hall–Kier alpha value is -0.890. The third-order valence-electron chi connectivity index (χ3n) is 3.18. The average Bonchev–Trinajstić information content (AvgIpc) is 2.67. The fourth-order valence-electron chi connectivity index (χ4n) is 2.25. The van der Waals surface area contributed by atoms with E-state index in [4.69, 9.17) is 5.73 Å². The lowest BCUT2D eigenvalue weighted by Crippen LogP contribution is -2.34. The van der Waals surface area contributed by atoms with E-state index in [0.717, 1.165) is 24.6 Å². The van der Waals surface area contributed by atoms with E-state index in [9.17, 15) is 8.42 Å². The van der Waals surface area contributed by atoms with Gasteiger partial charge in [-0.1, -0.05) is 0 Å². The van der Waals surface area contributed by atoms with E-state index in [1.54, 1.807) is 4.68 Å². The first kappa shape index (κ1) is 15.5. The van der Waals surface area contributed by atoms with E-state index in [1.807, 2.05) is 37.4 Å². The van der Waals surface area contributed by atoms with Gasteiger partial charge in [-0.25, -0.2) is 13.1 Å². The maximum atomic E-state index is 12.1. The molecular weight excluding hydrogens is 296 g/mol. The number of sulfone groups is 1. The zero-order valence-electron chi connectivity index (χ0n) is 12.4. The molecule has 0 aromatic carbocycles. The molecule has 1 aliphatic rings. The van der Waals surface area contributed by atoms with E-state index < -0.39 is 9.84 Å². The molecule has 1 fully saturated rings. The van der Waals surface area contributed by atoms with Gasteiger partial charge in [-0.3, -0.25) is 0 Å². The van der Waals surface area contributed by atoms with Crippen LogP contribution in [0.15, 0.2) is 4.90 Å². The molecule has 2 N–H and O–H groups in total. The van der Waals surface area contributed by atoms with Crippen LogP contribution in [0.2, 0.25) is 0 Å². The summed E-state index contributed by atoms with van der Waals surface area (Å²) in [5.41, 5.74) is 5.72. The number of nitrogens with zero attached hydrogens (tertiary/aromatic N) is 3. The van der Waals surface area contributed by atoms with Gasteiger partial charge >= 0.3 is 0 Å². The summed E-state index contributed by atoms with van der Waals surface area (Å²) in [5, 5.41) is 4.50. The fourth-order valence-corrected chi connectivity index (χ4v) is 4.12. The molecule has 8 heteroatoms. The van der Waals surface area contributed by atoms with Gasteiger partial charge in [0.15, 0.2) is 20.6 Å². The van der Waals surface area contributed by atoms with Gasteiger partial charge in [-0.2, -0.15) is 16.9 Å². The zero-order chi connectivity index (χ0) is 15.1. The topological polar surface area (TPSA) is 81.2 Å². The quantitative estimate of drug-likeness (QED) is 0.882. The van der Waals surface area contributed by atoms with Crippen molar-refractivity contribution >= 4 is 33.2 Å². The number of nitrogen functional groups attached to an aromatic ring is 1. The summed E-state index contributed by atoms with van der Waals surface area (Å²) in [7, 11) is -3.41. The van der Waals surface area contributed by atoms with Crippen LogP contribution in [-0.4, -0.2) is 49.0 Å². The Morgan fingerprint density at radius 3 is 2.25 bits per heavy atom. The summed E-state index contributed by atoms with van der Waals surface area (Å²) in [6.07, 6.45) is 1.19. The van der Waals surface area contributed by atoms with Crippen molar-refractivity contribution in [1.29, 1.82) is 0 Å². The van der Waals surface area contributed by atoms with Crippen molar-refractivity contribution in [2.24, 2.45) is 0 Å². The maximum Gasteiger partial charge on any atom is 0.182 e. The Labute approximate surface area is 124 Å². The first-order valence-electron chi connectivity index (χ1n) is 6.54. The monoisotopic (exact) mass is 318 g/mol. The third kappa shape index (κ3) is 2.90. The van der Waals surface area contributed by atoms with E-state index in [-0.39, 0.29) is 16.3 Å². The molecule has 0 amide bonds. The summed E-state index contributed by atoms with van der Waals surface area (Å²) in [6, 6.07) is 0. The van der Waals surface area contributed by atoms with E-state index >= 15 is 0 Å². The molecule has 0 spiro atoms. The number of anilines is 2. The summed E-state index contributed by atoms with van der Waals surface area (Å²) >= 11 is 1.87. The van der Waals surface area contributed by atoms with Crippen LogP contribution < -0.4 is 10.6 Å². The van der Waals surface area contributed by atoms with Crippen LogP contribution in [-0.2, 0) is 15.4 Å². The normalized spacial score (nSPS) is 17.5. The summed E-state index contributed by atoms with van der Waals surface area (Å²) in [4.78, 5) is 2.19. The van der Waals surface area contributed by atoms with Crippen LogP contribution >= 0.6 is 11.8 Å². The molecule has 6 nitrogen and oxygen atoms in total. The number of thioether (sulfide) groups is 1. The number of aromatic nitrogens is 2. The van der Waals surface area contributed by atoms with Crippen molar-refractivity contribution in [3.05, 3.63) is 0 Å². The minimum atomic E-state index is -3.41. The van der Waals surface area contributed by atoms with Crippen molar-refractivity contribution in [2.75, 3.05) is 41.5 Å². The molecule has 0 radical (unpaired) electrons. The zero-order valence-corrected chi connectivity index (χ0v) is 14.0. The number of nitrogens with two attached hydrogens (primary N) is 1. The van der Waals surface area contributed by atoms with Crippen molar-refractivity contribution in [3.63, 3.8) is 0 Å². The van der Waals surface area contributed by atoms with Crippen LogP contribution in [0, 0.1) is 0 Å². The van der Waals surface area contributed by atoms with Crippen molar-refractivity contribution in [1.82, 2.24) is 9.78 Å². The van der Waals surface area contributed by atoms with Gasteiger partial charge in [-0.05, 0) is 20.8 Å². The van der Waals surface area contributed by atoms with Gasteiger partial charge in [0.05, 0.1) is 5.54 Å². The van der Waals surface area contributed by atoms with Gasteiger partial charge in [0, 0.05) is 30.9 Å². The number of hydrogen-bond acceptors (Lipinski definition) is 6. The SMILES string of the molecule is CC(C)(C)n1nc(N2CCSCC2)c(S(C)(=O)=O)c1N. The molecular formula is C12H22N4O2S2. The molecule has 114 valence electrons. The molecule has 20 heavy (non-hydrogen) atoms. The molecule has 0 saturated carbocycles. The second-order valence-electron chi connectivity index (χ2n) is 5.99. The Morgan fingerprint density at radius 1 is 1.25 bits per heavy atom. The van der Waals surface area contributed by atoms with Crippen molar-refractivity contribution in [3.8, 4) is 0 Å². The lowest BCUT2D eigenvalue weighted by atomic mass is 10.1. The van der Waals surface area contributed by atoms with Crippen LogP contribution in [0.3, 0.4) is 0 Å². The van der Waals surface area contributed by atoms with Crippen molar-refractivity contribution < 1.29 is 8.42 Å². The van der Waals surface area contributed by atoms with Crippen molar-refractivity contribution in [2.45, 2.75) is 31.2 Å². The molecule has 2 heterocycles. The lowest BCUT2D eigenvalue weighted by molar-refractivity contribution is 0.361. The van der Waals surface area contributed by atoms with Crippen LogP contribution in [0.4, 0.5) is 11.6 Å². The molecule has 0 atom stereocenters. The lowest BCUT2D eigenvalue weighted by Gasteiger charge is -2.27. The molecule has 0 aliphatic carbocycles. The number of hydrogen-bond donors (Lipinski definition) is 1. The Bertz CT molecular complexity index is 596. The molecule has 1 aromatic heterocycles. The first-order chi connectivity index (χ1) is 9.12. The second kappa shape index (κ2) is 5.14. The highest BCUT2D eigenvalue weighted by Gasteiger charge is 2.31. The number of rotatable bonds is 2. The minimum Gasteiger partial charge on any atom is -0.383 e. The standard InChI is InChI=1S/C12H22N4O2S2/c1-12(2,3)16-10(13)9(20(4,17)18)11(14-16)15-5-7-19-8-6-15/h5-8,13H2,1-4H3. The average molecular weight is 318 g/mol. The molecule has 1 aliphatic heterocycles. The van der Waals surface area contributed by atoms with E-state index in [1.165, 1.54) is 6.26 Å². The van der Waals surface area contributed by atoms with Gasteiger partial charge in [-0.15, -0.1) is 0 Å². The van der Waals surface area contributed by atoms with E-state index in [0.29, 0.717) is 5.82 Å². The van der Waals surface area contributed by atoms with Crippen LogP contribution in [0.1, 0.15) is 20.8 Å². The molecule has 0 bridgehead atoms. The molecule has 2 rings (SSSR count). The Kier molecular flexibility index (Phi) is 3.98. The maximum absolute atomic E-state index is 12.1. The predicted molar refractivity (Wildman–Crippen MR) is 84.3 cm³/mol.